The molecular weight excluding hydrogens is 667 g/mol. The first-order valence-corrected chi connectivity index (χ1v) is 16.7. The summed E-state index contributed by atoms with van der Waals surface area (Å²) >= 11 is 0. The summed E-state index contributed by atoms with van der Waals surface area (Å²) in [6.45, 7) is 4.77. The van der Waals surface area contributed by atoms with Gasteiger partial charge in [-0.15, -0.1) is 0 Å². The van der Waals surface area contributed by atoms with Gasteiger partial charge in [-0.3, -0.25) is 9.59 Å². The maximum absolute atomic E-state index is 13.6. The molecule has 7 nitrogen and oxygen atoms in total. The zero-order chi connectivity index (χ0) is 36.8. The monoisotopic (exact) mass is 703 g/mol. The second-order valence-corrected chi connectivity index (χ2v) is 12.3. The molecule has 0 aliphatic carbocycles. The Bertz CT molecular complexity index is 2160. The summed E-state index contributed by atoms with van der Waals surface area (Å²) in [6, 6.07) is 34.0. The van der Waals surface area contributed by atoms with Crippen molar-refractivity contribution in [2.75, 3.05) is 19.0 Å². The normalized spacial score (nSPS) is 11.3. The smallest absolute Gasteiger partial charge is 0.416 e. The fraction of sp³-hybridized carbons (Fsp3) is 0.167. The van der Waals surface area contributed by atoms with E-state index in [9.17, 15) is 22.8 Å². The Labute approximate surface area is 299 Å². The molecule has 2 amide bonds. The Morgan fingerprint density at radius 1 is 0.808 bits per heavy atom. The Balaban J connectivity index is 1.05. The number of carbonyl (C=O) groups is 2. The van der Waals surface area contributed by atoms with Crippen LogP contribution in [0.25, 0.3) is 33.9 Å². The highest BCUT2D eigenvalue weighted by Crippen LogP contribution is 2.35. The van der Waals surface area contributed by atoms with Crippen LogP contribution in [-0.4, -0.2) is 35.4 Å². The van der Waals surface area contributed by atoms with Gasteiger partial charge in [0.05, 0.1) is 25.3 Å². The van der Waals surface area contributed by atoms with E-state index in [4.69, 9.17) is 9.15 Å². The van der Waals surface area contributed by atoms with Crippen molar-refractivity contribution < 1.29 is 31.9 Å². The molecule has 1 N–H and O–H groups in total. The molecule has 6 rings (SSSR count). The number of aromatic nitrogens is 1. The average Bonchev–Trinajstić information content (AvgIpc) is 3.65. The Hall–Kier alpha value is -6.16. The van der Waals surface area contributed by atoms with Crippen LogP contribution in [0.1, 0.15) is 39.5 Å². The first-order chi connectivity index (χ1) is 25.0. The summed E-state index contributed by atoms with van der Waals surface area (Å²) in [5.41, 5.74) is 5.79. The summed E-state index contributed by atoms with van der Waals surface area (Å²) in [4.78, 5) is 32.2. The quantitative estimate of drug-likeness (QED) is 0.145. The van der Waals surface area contributed by atoms with Gasteiger partial charge in [-0.2, -0.15) is 13.2 Å². The number of hydrogen-bond donors (Lipinski definition) is 1. The molecule has 10 heteroatoms. The van der Waals surface area contributed by atoms with Crippen LogP contribution in [0, 0.1) is 6.92 Å². The molecule has 0 fully saturated rings. The highest BCUT2D eigenvalue weighted by atomic mass is 19.4. The molecule has 1 heterocycles. The van der Waals surface area contributed by atoms with E-state index in [1.807, 2.05) is 43.3 Å². The van der Waals surface area contributed by atoms with E-state index >= 15 is 0 Å². The van der Waals surface area contributed by atoms with Crippen molar-refractivity contribution in [3.63, 3.8) is 0 Å². The Kier molecular flexibility index (Phi) is 10.6. The summed E-state index contributed by atoms with van der Waals surface area (Å²) in [5.74, 6) is 0.373. The molecule has 264 valence electrons. The SMILES string of the molecule is CCN(Cc1ccc(-c2ncc(-c3ccc(-c4ccc(C)cc4)cc3)o2)cc1)C(=O)c1ccc(NC(=O)Cc2ccc(OC)cc2C(F)(F)F)cc1. The second kappa shape index (κ2) is 15.4. The van der Waals surface area contributed by atoms with Crippen molar-refractivity contribution in [1.29, 1.82) is 0 Å². The van der Waals surface area contributed by atoms with E-state index in [1.54, 1.807) is 35.4 Å². The fourth-order valence-corrected chi connectivity index (χ4v) is 5.77. The molecule has 0 unspecified atom stereocenters. The predicted octanol–water partition coefficient (Wildman–Crippen LogP) is 9.85. The third-order valence-corrected chi connectivity index (χ3v) is 8.69. The van der Waals surface area contributed by atoms with E-state index in [2.05, 4.69) is 53.6 Å². The van der Waals surface area contributed by atoms with Gasteiger partial charge in [0, 0.05) is 35.5 Å². The number of rotatable bonds is 11. The van der Waals surface area contributed by atoms with Crippen molar-refractivity contribution in [2.24, 2.45) is 0 Å². The van der Waals surface area contributed by atoms with Crippen molar-refractivity contribution >= 4 is 17.5 Å². The number of halogens is 3. The predicted molar refractivity (Wildman–Crippen MR) is 195 cm³/mol. The van der Waals surface area contributed by atoms with Gasteiger partial charge in [-0.25, -0.2) is 4.98 Å². The van der Waals surface area contributed by atoms with Crippen molar-refractivity contribution in [3.8, 4) is 39.7 Å². The van der Waals surface area contributed by atoms with Gasteiger partial charge in [-0.05, 0) is 84.6 Å². The lowest BCUT2D eigenvalue weighted by Gasteiger charge is -2.21. The second-order valence-electron chi connectivity index (χ2n) is 12.3. The number of methoxy groups -OCH3 is 1. The zero-order valence-corrected chi connectivity index (χ0v) is 28.8. The molecule has 6 aromatic rings. The number of ether oxygens (including phenoxy) is 1. The number of nitrogens with zero attached hydrogens (tertiary/aromatic N) is 2. The van der Waals surface area contributed by atoms with E-state index < -0.39 is 24.1 Å². The standard InChI is InChI=1S/C42H36F3N3O4/c1-4-48(41(50)33-17-20-35(21-18-33)47-39(49)23-34-19-22-36(51-3)24-37(34)42(43,44)45)26-28-7-11-32(12-8-28)40-46-25-38(52-40)31-15-13-30(14-16-31)29-9-5-27(2)6-10-29/h5-22,24-25H,4,23,26H2,1-3H3,(H,47,49). The molecule has 0 radical (unpaired) electrons. The van der Waals surface area contributed by atoms with Crippen molar-refractivity contribution in [3.05, 3.63) is 149 Å². The summed E-state index contributed by atoms with van der Waals surface area (Å²) < 4.78 is 51.7. The minimum absolute atomic E-state index is 0.0481. The lowest BCUT2D eigenvalue weighted by atomic mass is 10.0. The third kappa shape index (κ3) is 8.40. The van der Waals surface area contributed by atoms with Crippen LogP contribution in [0.5, 0.6) is 5.75 Å². The third-order valence-electron chi connectivity index (χ3n) is 8.69. The molecule has 0 saturated carbocycles. The molecule has 0 atom stereocenters. The van der Waals surface area contributed by atoms with E-state index in [0.29, 0.717) is 36.0 Å². The van der Waals surface area contributed by atoms with E-state index in [0.717, 1.165) is 33.9 Å². The number of hydrogen-bond acceptors (Lipinski definition) is 5. The van der Waals surface area contributed by atoms with Crippen LogP contribution in [0.2, 0.25) is 0 Å². The van der Waals surface area contributed by atoms with Crippen molar-refractivity contribution in [1.82, 2.24) is 9.88 Å². The van der Waals surface area contributed by atoms with Crippen LogP contribution < -0.4 is 10.1 Å². The van der Waals surface area contributed by atoms with E-state index in [1.165, 1.54) is 24.8 Å². The van der Waals surface area contributed by atoms with Gasteiger partial charge in [0.2, 0.25) is 11.8 Å². The molecule has 0 aliphatic rings. The van der Waals surface area contributed by atoms with Gasteiger partial charge >= 0.3 is 6.18 Å². The minimum Gasteiger partial charge on any atom is -0.497 e. The highest BCUT2D eigenvalue weighted by molar-refractivity contribution is 5.96. The van der Waals surface area contributed by atoms with Crippen LogP contribution >= 0.6 is 0 Å². The average molecular weight is 704 g/mol. The number of aryl methyl sites for hydroxylation is 1. The lowest BCUT2D eigenvalue weighted by Crippen LogP contribution is -2.30. The fourth-order valence-electron chi connectivity index (χ4n) is 5.77. The summed E-state index contributed by atoms with van der Waals surface area (Å²) in [5, 5.41) is 2.61. The van der Waals surface area contributed by atoms with Crippen LogP contribution in [0.4, 0.5) is 18.9 Å². The minimum atomic E-state index is -4.64. The van der Waals surface area contributed by atoms with Crippen molar-refractivity contribution in [2.45, 2.75) is 33.0 Å². The maximum Gasteiger partial charge on any atom is 0.416 e. The number of carbonyl (C=O) groups excluding carboxylic acids is 2. The molecule has 52 heavy (non-hydrogen) atoms. The topological polar surface area (TPSA) is 84.7 Å². The van der Waals surface area contributed by atoms with Gasteiger partial charge in [-0.1, -0.05) is 72.3 Å². The molecule has 5 aromatic carbocycles. The molecule has 0 bridgehead atoms. The highest BCUT2D eigenvalue weighted by Gasteiger charge is 2.34. The van der Waals surface area contributed by atoms with Gasteiger partial charge in [0.1, 0.15) is 5.75 Å². The van der Waals surface area contributed by atoms with Gasteiger partial charge in [0.25, 0.3) is 5.91 Å². The van der Waals surface area contributed by atoms with Gasteiger partial charge in [0.15, 0.2) is 5.76 Å². The number of amides is 2. The first kappa shape index (κ1) is 35.7. The van der Waals surface area contributed by atoms with E-state index in [-0.39, 0.29) is 17.2 Å². The zero-order valence-electron chi connectivity index (χ0n) is 28.8. The maximum atomic E-state index is 13.6. The number of benzene rings is 5. The molecule has 0 saturated heterocycles. The van der Waals surface area contributed by atoms with Crippen LogP contribution in [0.15, 0.2) is 126 Å². The largest absolute Gasteiger partial charge is 0.497 e. The Morgan fingerprint density at radius 2 is 1.42 bits per heavy atom. The molecular formula is C42H36F3N3O4. The van der Waals surface area contributed by atoms with Crippen LogP contribution in [-0.2, 0) is 23.9 Å². The van der Waals surface area contributed by atoms with Crippen LogP contribution in [0.3, 0.4) is 0 Å². The number of anilines is 1. The summed E-state index contributed by atoms with van der Waals surface area (Å²) in [7, 11) is 1.27. The molecule has 0 spiro atoms. The first-order valence-electron chi connectivity index (χ1n) is 16.7. The molecule has 0 aliphatic heterocycles. The Morgan fingerprint density at radius 3 is 2.04 bits per heavy atom. The lowest BCUT2D eigenvalue weighted by molar-refractivity contribution is -0.138. The number of oxazole rings is 1. The van der Waals surface area contributed by atoms with Gasteiger partial charge < -0.3 is 19.4 Å². The molecule has 1 aromatic heterocycles. The number of alkyl halides is 3. The number of nitrogens with one attached hydrogen (secondary N) is 1. The summed E-state index contributed by atoms with van der Waals surface area (Å²) in [6.07, 6.45) is -3.42.